The summed E-state index contributed by atoms with van der Waals surface area (Å²) < 4.78 is 63.0. The van der Waals surface area contributed by atoms with Crippen LogP contribution >= 0.6 is 0 Å². The Kier molecular flexibility index (Phi) is 2.85. The highest BCUT2D eigenvalue weighted by Crippen LogP contribution is 2.38. The largest absolute Gasteiger partial charge is 0.499 e. The molecule has 0 aliphatic heterocycles. The highest BCUT2D eigenvalue weighted by molar-refractivity contribution is 6.16. The molecule has 3 nitrogen and oxygen atoms in total. The van der Waals surface area contributed by atoms with Crippen molar-refractivity contribution in [2.75, 3.05) is 0 Å². The van der Waals surface area contributed by atoms with Crippen LogP contribution in [0.1, 0.15) is 0 Å². The first-order valence-corrected chi connectivity index (χ1v) is 3.75. The zero-order valence-corrected chi connectivity index (χ0v) is 7.35. The second-order valence-corrected chi connectivity index (χ2v) is 2.73. The second kappa shape index (κ2) is 3.69. The number of halogens is 5. The summed E-state index contributed by atoms with van der Waals surface area (Å²) in [5.41, 5.74) is 0. The van der Waals surface area contributed by atoms with Gasteiger partial charge in [0.05, 0.1) is 0 Å². The highest BCUT2D eigenvalue weighted by Gasteiger charge is 2.61. The van der Waals surface area contributed by atoms with Crippen LogP contribution in [0.4, 0.5) is 22.0 Å². The maximum Gasteiger partial charge on any atom is 0.499 e. The Balaban J connectivity index is 2.90. The van der Waals surface area contributed by atoms with Gasteiger partial charge >= 0.3 is 12.3 Å². The number of alkyl halides is 5. The highest BCUT2D eigenvalue weighted by atomic mass is 19.4. The average Bonchev–Trinajstić information content (AvgIpc) is 2.09. The number of ether oxygens (including phenoxy) is 1. The lowest BCUT2D eigenvalue weighted by Gasteiger charge is -2.21. The maximum atomic E-state index is 12.3. The molecule has 0 unspecified atom stereocenters. The van der Waals surface area contributed by atoms with Gasteiger partial charge in [0, 0.05) is 6.08 Å². The van der Waals surface area contributed by atoms with Gasteiger partial charge in [-0.1, -0.05) is 0 Å². The summed E-state index contributed by atoms with van der Waals surface area (Å²) >= 11 is 0. The standard InChI is InChI=1S/C8H3F5O3/c9-7(10,11)8(12,13)16-6-3-4(14)1-2-5(6)15/h1-3H. The Bertz CT molecular complexity index is 391. The molecule has 0 saturated carbocycles. The Morgan fingerprint density at radius 2 is 1.56 bits per heavy atom. The van der Waals surface area contributed by atoms with Crippen molar-refractivity contribution in [3.05, 3.63) is 24.0 Å². The van der Waals surface area contributed by atoms with E-state index in [-0.39, 0.29) is 6.08 Å². The van der Waals surface area contributed by atoms with Crippen molar-refractivity contribution in [2.24, 2.45) is 0 Å². The first-order chi connectivity index (χ1) is 7.13. The summed E-state index contributed by atoms with van der Waals surface area (Å²) in [5.74, 6) is -3.48. The van der Waals surface area contributed by atoms with Crippen LogP contribution in [0.2, 0.25) is 0 Å². The lowest BCUT2D eigenvalue weighted by molar-refractivity contribution is -0.378. The number of hydrogen-bond donors (Lipinski definition) is 0. The Morgan fingerprint density at radius 3 is 2.06 bits per heavy atom. The molecular formula is C8H3F5O3. The third-order valence-corrected chi connectivity index (χ3v) is 1.48. The summed E-state index contributed by atoms with van der Waals surface area (Å²) in [5, 5.41) is 0. The number of rotatable bonds is 2. The molecule has 0 heterocycles. The van der Waals surface area contributed by atoms with E-state index in [2.05, 4.69) is 4.74 Å². The van der Waals surface area contributed by atoms with Crippen LogP contribution < -0.4 is 0 Å². The van der Waals surface area contributed by atoms with E-state index < -0.39 is 29.6 Å². The van der Waals surface area contributed by atoms with Crippen LogP contribution in [0, 0.1) is 0 Å². The number of hydrogen-bond acceptors (Lipinski definition) is 3. The van der Waals surface area contributed by atoms with E-state index in [1.165, 1.54) is 0 Å². The Morgan fingerprint density at radius 1 is 1.00 bits per heavy atom. The minimum absolute atomic E-state index is 0.266. The van der Waals surface area contributed by atoms with Crippen LogP contribution in [0.15, 0.2) is 24.0 Å². The van der Waals surface area contributed by atoms with E-state index in [0.717, 1.165) is 6.08 Å². The first-order valence-electron chi connectivity index (χ1n) is 3.75. The fourth-order valence-corrected chi connectivity index (χ4v) is 0.764. The van der Waals surface area contributed by atoms with Crippen LogP contribution in [0.25, 0.3) is 0 Å². The first kappa shape index (κ1) is 12.3. The molecule has 0 aromatic rings. The Hall–Kier alpha value is -1.73. The van der Waals surface area contributed by atoms with Crippen molar-refractivity contribution in [3.63, 3.8) is 0 Å². The molecule has 0 amide bonds. The van der Waals surface area contributed by atoms with E-state index in [9.17, 15) is 31.5 Å². The van der Waals surface area contributed by atoms with Crippen LogP contribution in [-0.2, 0) is 14.3 Å². The van der Waals surface area contributed by atoms with Crippen molar-refractivity contribution in [2.45, 2.75) is 12.3 Å². The molecule has 1 aliphatic rings. The summed E-state index contributed by atoms with van der Waals surface area (Å²) in [6.07, 6.45) is -9.94. The molecule has 1 aliphatic carbocycles. The minimum atomic E-state index is -5.96. The fraction of sp³-hybridized carbons (Fsp3) is 0.250. The van der Waals surface area contributed by atoms with E-state index in [1.807, 2.05) is 0 Å². The van der Waals surface area contributed by atoms with Crippen LogP contribution in [-0.4, -0.2) is 23.9 Å². The molecule has 0 aromatic carbocycles. The van der Waals surface area contributed by atoms with Crippen molar-refractivity contribution in [1.29, 1.82) is 0 Å². The molecule has 0 bridgehead atoms. The Labute approximate surface area is 85.2 Å². The molecule has 1 rings (SSSR count). The van der Waals surface area contributed by atoms with Crippen molar-refractivity contribution in [1.82, 2.24) is 0 Å². The average molecular weight is 242 g/mol. The van der Waals surface area contributed by atoms with E-state index in [1.54, 1.807) is 0 Å². The molecule has 0 aromatic heterocycles. The van der Waals surface area contributed by atoms with Gasteiger partial charge < -0.3 is 4.74 Å². The van der Waals surface area contributed by atoms with Gasteiger partial charge in [-0.3, -0.25) is 9.59 Å². The van der Waals surface area contributed by atoms with E-state index >= 15 is 0 Å². The molecule has 0 N–H and O–H groups in total. The second-order valence-electron chi connectivity index (χ2n) is 2.73. The summed E-state index contributed by atoms with van der Waals surface area (Å²) in [6.45, 7) is 0. The lowest BCUT2D eigenvalue weighted by atomic mass is 10.1. The molecule has 0 spiro atoms. The van der Waals surface area contributed by atoms with Gasteiger partial charge in [-0.05, 0) is 12.2 Å². The maximum absolute atomic E-state index is 12.3. The molecule has 0 radical (unpaired) electrons. The van der Waals surface area contributed by atoms with Gasteiger partial charge in [0.1, 0.15) is 0 Å². The van der Waals surface area contributed by atoms with Gasteiger partial charge in [-0.15, -0.1) is 0 Å². The summed E-state index contributed by atoms with van der Waals surface area (Å²) in [6, 6.07) is 0. The number of allylic oxidation sites excluding steroid dienone is 3. The summed E-state index contributed by atoms with van der Waals surface area (Å²) in [7, 11) is 0. The predicted octanol–water partition coefficient (Wildman–Crippen LogP) is 1.75. The molecule has 88 valence electrons. The van der Waals surface area contributed by atoms with Gasteiger partial charge in [0.25, 0.3) is 0 Å². The fourth-order valence-electron chi connectivity index (χ4n) is 0.764. The smallest absolute Gasteiger partial charge is 0.421 e. The molecule has 0 saturated heterocycles. The molecule has 8 heteroatoms. The third kappa shape index (κ3) is 2.44. The SMILES string of the molecule is O=C1C=CC(=O)C(OC(F)(F)C(F)(F)F)=C1. The van der Waals surface area contributed by atoms with Gasteiger partial charge in [0.15, 0.2) is 11.5 Å². The monoisotopic (exact) mass is 242 g/mol. The lowest BCUT2D eigenvalue weighted by Crippen LogP contribution is -2.40. The number of carbonyl (C=O) groups is 2. The normalized spacial score (nSPS) is 17.4. The van der Waals surface area contributed by atoms with E-state index in [0.29, 0.717) is 6.08 Å². The molecule has 0 fully saturated rings. The zero-order chi connectivity index (χ0) is 12.6. The van der Waals surface area contributed by atoms with Gasteiger partial charge in [0.2, 0.25) is 5.78 Å². The van der Waals surface area contributed by atoms with Crippen molar-refractivity contribution >= 4 is 11.6 Å². The summed E-state index contributed by atoms with van der Waals surface area (Å²) in [4.78, 5) is 21.4. The van der Waals surface area contributed by atoms with Crippen LogP contribution in [0.3, 0.4) is 0 Å². The quantitative estimate of drug-likeness (QED) is 0.547. The minimum Gasteiger partial charge on any atom is -0.421 e. The molecule has 16 heavy (non-hydrogen) atoms. The molecular weight excluding hydrogens is 239 g/mol. The molecule has 0 atom stereocenters. The van der Waals surface area contributed by atoms with Crippen LogP contribution in [0.5, 0.6) is 0 Å². The third-order valence-electron chi connectivity index (χ3n) is 1.48. The zero-order valence-electron chi connectivity index (χ0n) is 7.35. The van der Waals surface area contributed by atoms with Crippen molar-refractivity contribution < 1.29 is 36.3 Å². The number of carbonyl (C=O) groups excluding carboxylic acids is 2. The predicted molar refractivity (Wildman–Crippen MR) is 39.3 cm³/mol. The topological polar surface area (TPSA) is 43.4 Å². The van der Waals surface area contributed by atoms with Gasteiger partial charge in [-0.25, -0.2) is 0 Å². The number of ketones is 2. The van der Waals surface area contributed by atoms with Gasteiger partial charge in [-0.2, -0.15) is 22.0 Å². The van der Waals surface area contributed by atoms with Crippen molar-refractivity contribution in [3.8, 4) is 0 Å². The van der Waals surface area contributed by atoms with E-state index in [4.69, 9.17) is 0 Å².